The lowest BCUT2D eigenvalue weighted by Gasteiger charge is -2.50. The molecule has 3 rings (SSSR count). The summed E-state index contributed by atoms with van der Waals surface area (Å²) in [5.41, 5.74) is 0.806. The van der Waals surface area contributed by atoms with E-state index in [1.54, 1.807) is 13.8 Å². The van der Waals surface area contributed by atoms with Gasteiger partial charge in [0.25, 0.3) is 5.24 Å². The first-order chi connectivity index (χ1) is 14.6. The van der Waals surface area contributed by atoms with Gasteiger partial charge in [-0.25, -0.2) is 4.79 Å². The van der Waals surface area contributed by atoms with Gasteiger partial charge in [0.15, 0.2) is 0 Å². The number of carbonyl (C=O) groups excluding carboxylic acids is 4. The molecular weight excluding hydrogens is 422 g/mol. The minimum Gasteiger partial charge on any atom is -0.459 e. The Labute approximate surface area is 183 Å². The van der Waals surface area contributed by atoms with Gasteiger partial charge in [-0.15, -0.1) is 10.0 Å². The molecule has 2 N–H and O–H groups in total. The number of esters is 1. The van der Waals surface area contributed by atoms with Crippen LogP contribution in [0.15, 0.2) is 30.3 Å². The molecule has 1 aromatic rings. The average Bonchev–Trinajstić information content (AvgIpc) is 2.92. The SMILES string of the molecule is CNC(=O)CN(C)C(=O)[S@]1(CO)[C@@H]2CC(=O)N2[C@@H](C(=O)OCc2ccccc2)C1(C)C. The fourth-order valence-corrected chi connectivity index (χ4v) is 8.71. The maximum absolute atomic E-state index is 13.5. The summed E-state index contributed by atoms with van der Waals surface area (Å²) in [7, 11) is 0.369. The van der Waals surface area contributed by atoms with Gasteiger partial charge in [0, 0.05) is 18.8 Å². The minimum absolute atomic E-state index is 0.0466. The molecule has 2 heterocycles. The zero-order valence-electron chi connectivity index (χ0n) is 18.2. The number of aliphatic hydroxyl groups is 1. The van der Waals surface area contributed by atoms with E-state index in [1.165, 1.54) is 23.9 Å². The van der Waals surface area contributed by atoms with Crippen molar-refractivity contribution in [3.63, 3.8) is 0 Å². The number of fused-ring (bicyclic) bond motifs is 1. The number of hydrogen-bond acceptors (Lipinski definition) is 6. The van der Waals surface area contributed by atoms with Gasteiger partial charge in [-0.3, -0.25) is 14.4 Å². The monoisotopic (exact) mass is 451 g/mol. The summed E-state index contributed by atoms with van der Waals surface area (Å²) in [6, 6.07) is 8.19. The largest absolute Gasteiger partial charge is 0.459 e. The van der Waals surface area contributed by atoms with E-state index in [2.05, 4.69) is 5.32 Å². The molecule has 31 heavy (non-hydrogen) atoms. The summed E-state index contributed by atoms with van der Waals surface area (Å²) in [6.07, 6.45) is 0.0847. The lowest BCUT2D eigenvalue weighted by molar-refractivity contribution is -0.162. The number of amides is 3. The molecule has 0 spiro atoms. The number of ether oxygens (including phenoxy) is 1. The van der Waals surface area contributed by atoms with Gasteiger partial charge < -0.3 is 25.0 Å². The van der Waals surface area contributed by atoms with Gasteiger partial charge in [-0.1, -0.05) is 30.3 Å². The van der Waals surface area contributed by atoms with Crippen molar-refractivity contribution in [3.8, 4) is 0 Å². The molecule has 2 fully saturated rings. The van der Waals surface area contributed by atoms with Crippen LogP contribution in [0.25, 0.3) is 0 Å². The summed E-state index contributed by atoms with van der Waals surface area (Å²) >= 11 is 0. The quantitative estimate of drug-likeness (QED) is 0.492. The zero-order valence-corrected chi connectivity index (χ0v) is 19.0. The standard InChI is InChI=1S/C21H29N3O6S/c1-21(2)18(19(28)30-12-14-8-6-5-7-9-14)24-16(27)10-17(24)31(21,13-25)20(29)23(4)11-15(26)22-3/h5-9,17-18,25H,10-13H2,1-4H3,(H,22,26)/t17-,18+/m1/s1. The van der Waals surface area contributed by atoms with E-state index in [-0.39, 0.29) is 31.4 Å². The van der Waals surface area contributed by atoms with E-state index >= 15 is 0 Å². The fourth-order valence-electron chi connectivity index (χ4n) is 4.42. The smallest absolute Gasteiger partial charge is 0.330 e. The Morgan fingerprint density at radius 2 is 1.94 bits per heavy atom. The third-order valence-electron chi connectivity index (χ3n) is 6.22. The molecule has 170 valence electrons. The first-order valence-electron chi connectivity index (χ1n) is 9.99. The second-order valence-electron chi connectivity index (χ2n) is 8.28. The van der Waals surface area contributed by atoms with Gasteiger partial charge in [-0.2, -0.15) is 0 Å². The number of carbonyl (C=O) groups is 4. The van der Waals surface area contributed by atoms with Gasteiger partial charge in [0.05, 0.1) is 24.3 Å². The molecule has 0 aromatic heterocycles. The van der Waals surface area contributed by atoms with Crippen LogP contribution in [0, 0.1) is 0 Å². The van der Waals surface area contributed by atoms with Crippen LogP contribution >= 0.6 is 10.0 Å². The molecule has 0 saturated carbocycles. The van der Waals surface area contributed by atoms with Crippen molar-refractivity contribution >= 4 is 33.1 Å². The second kappa shape index (κ2) is 8.51. The van der Waals surface area contributed by atoms with Crippen molar-refractivity contribution in [1.82, 2.24) is 15.1 Å². The third-order valence-corrected chi connectivity index (χ3v) is 11.0. The van der Waals surface area contributed by atoms with Gasteiger partial charge in [0.2, 0.25) is 11.8 Å². The number of aliphatic hydroxyl groups excluding tert-OH is 1. The van der Waals surface area contributed by atoms with Crippen molar-refractivity contribution in [2.45, 2.75) is 43.0 Å². The number of nitrogens with zero attached hydrogens (tertiary/aromatic N) is 2. The lowest BCUT2D eigenvalue weighted by atomic mass is 9.98. The second-order valence-corrected chi connectivity index (χ2v) is 12.1. The van der Waals surface area contributed by atoms with E-state index in [9.17, 15) is 24.3 Å². The van der Waals surface area contributed by atoms with Crippen LogP contribution in [0.3, 0.4) is 0 Å². The summed E-state index contributed by atoms with van der Waals surface area (Å²) in [4.78, 5) is 53.6. The van der Waals surface area contributed by atoms with E-state index in [0.717, 1.165) is 5.56 Å². The van der Waals surface area contributed by atoms with Crippen LogP contribution in [-0.4, -0.2) is 80.7 Å². The van der Waals surface area contributed by atoms with E-state index in [1.807, 2.05) is 30.3 Å². The first kappa shape index (κ1) is 23.1. The molecule has 2 saturated heterocycles. The lowest BCUT2D eigenvalue weighted by Crippen LogP contribution is -2.57. The predicted molar refractivity (Wildman–Crippen MR) is 116 cm³/mol. The van der Waals surface area contributed by atoms with Gasteiger partial charge in [-0.05, 0) is 19.4 Å². The Hall–Kier alpha value is -2.59. The normalized spacial score (nSPS) is 26.0. The summed E-state index contributed by atoms with van der Waals surface area (Å²) < 4.78 is 4.48. The molecule has 0 unspecified atom stereocenters. The van der Waals surface area contributed by atoms with Crippen molar-refractivity contribution in [2.24, 2.45) is 0 Å². The number of hydrogen-bond donors (Lipinski definition) is 2. The molecule has 0 radical (unpaired) electrons. The first-order valence-corrected chi connectivity index (χ1v) is 11.9. The molecule has 1 aromatic carbocycles. The maximum atomic E-state index is 13.5. The number of β-lactam (4-membered cyclic amide) rings is 1. The van der Waals surface area contributed by atoms with Crippen molar-refractivity contribution in [3.05, 3.63) is 35.9 Å². The van der Waals surface area contributed by atoms with Crippen LogP contribution in [-0.2, 0) is 25.7 Å². The van der Waals surface area contributed by atoms with Crippen molar-refractivity contribution in [2.75, 3.05) is 26.6 Å². The molecule has 2 aliphatic heterocycles. The van der Waals surface area contributed by atoms with Crippen molar-refractivity contribution in [1.29, 1.82) is 0 Å². The van der Waals surface area contributed by atoms with E-state index < -0.39 is 43.3 Å². The summed E-state index contributed by atoms with van der Waals surface area (Å²) in [5, 5.41) is 12.0. The highest BCUT2D eigenvalue weighted by atomic mass is 32.3. The fraction of sp³-hybridized carbons (Fsp3) is 0.524. The highest BCUT2D eigenvalue weighted by Crippen LogP contribution is 2.74. The number of nitrogens with one attached hydrogen (secondary N) is 1. The summed E-state index contributed by atoms with van der Waals surface area (Å²) in [6.45, 7) is 3.32. The Morgan fingerprint density at radius 1 is 1.29 bits per heavy atom. The average molecular weight is 452 g/mol. The third kappa shape index (κ3) is 3.57. The maximum Gasteiger partial charge on any atom is 0.330 e. The molecule has 2 aliphatic rings. The number of likely N-dealkylation sites (N-methyl/N-ethyl adjacent to an activating group) is 2. The molecule has 0 bridgehead atoms. The minimum atomic E-state index is -2.59. The Bertz CT molecular complexity index is 892. The van der Waals surface area contributed by atoms with E-state index in [0.29, 0.717) is 0 Å². The Morgan fingerprint density at radius 3 is 2.48 bits per heavy atom. The molecule has 10 heteroatoms. The Kier molecular flexibility index (Phi) is 6.33. The molecular formula is C21H29N3O6S. The summed E-state index contributed by atoms with van der Waals surface area (Å²) in [5.74, 6) is -1.67. The number of rotatable bonds is 6. The molecule has 9 nitrogen and oxygen atoms in total. The van der Waals surface area contributed by atoms with Crippen LogP contribution in [0.1, 0.15) is 25.8 Å². The number of benzene rings is 1. The highest BCUT2D eigenvalue weighted by molar-refractivity contribution is 8.46. The van der Waals surface area contributed by atoms with E-state index in [4.69, 9.17) is 4.74 Å². The molecule has 3 atom stereocenters. The van der Waals surface area contributed by atoms with Crippen LogP contribution in [0.4, 0.5) is 4.79 Å². The topological polar surface area (TPSA) is 116 Å². The zero-order chi connectivity index (χ0) is 23.0. The van der Waals surface area contributed by atoms with Crippen LogP contribution < -0.4 is 5.32 Å². The predicted octanol–water partition coefficient (Wildman–Crippen LogP) is 1.00. The van der Waals surface area contributed by atoms with Gasteiger partial charge in [0.1, 0.15) is 12.6 Å². The molecule has 0 aliphatic carbocycles. The van der Waals surface area contributed by atoms with Crippen LogP contribution in [0.2, 0.25) is 0 Å². The Balaban J connectivity index is 1.90. The highest BCUT2D eigenvalue weighted by Gasteiger charge is 2.72. The van der Waals surface area contributed by atoms with Crippen LogP contribution in [0.5, 0.6) is 0 Å². The molecule has 3 amide bonds. The van der Waals surface area contributed by atoms with Crippen molar-refractivity contribution < 1.29 is 29.0 Å². The van der Waals surface area contributed by atoms with Gasteiger partial charge >= 0.3 is 5.97 Å².